The molecule has 1 saturated heterocycles. The first kappa shape index (κ1) is 25.3. The van der Waals surface area contributed by atoms with Crippen LogP contribution in [-0.2, 0) is 21.9 Å². The molecule has 3 aliphatic heterocycles. The summed E-state index contributed by atoms with van der Waals surface area (Å²) in [4.78, 5) is 28.5. The van der Waals surface area contributed by atoms with Crippen LogP contribution in [0.25, 0.3) is 0 Å². The van der Waals surface area contributed by atoms with E-state index in [1.165, 1.54) is 0 Å². The number of alkyl halides is 6. The van der Waals surface area contributed by atoms with Crippen molar-refractivity contribution >= 4 is 23.8 Å². The lowest BCUT2D eigenvalue weighted by atomic mass is 9.85. The molecule has 10 N–H and O–H groups in total. The highest BCUT2D eigenvalue weighted by Gasteiger charge is 2.76. The van der Waals surface area contributed by atoms with E-state index >= 15 is 0 Å². The van der Waals surface area contributed by atoms with Crippen LogP contribution in [0, 0.1) is 0 Å². The number of hydrogen-bond acceptors (Lipinski definition) is 10. The molecule has 1 aromatic rings. The van der Waals surface area contributed by atoms with Crippen molar-refractivity contribution in [3.63, 3.8) is 0 Å². The normalized spacial score (nSPS) is 29.0. The monoisotopic (exact) mass is 526 g/mol. The molecule has 1 spiro atoms. The van der Waals surface area contributed by atoms with Gasteiger partial charge in [-0.3, -0.25) is 15.8 Å². The first-order chi connectivity index (χ1) is 16.4. The van der Waals surface area contributed by atoms with Gasteiger partial charge in [0.15, 0.2) is 24.1 Å². The number of hydrogen-bond donors (Lipinski definition) is 7. The second-order valence-corrected chi connectivity index (χ2v) is 8.25. The number of halogens is 6. The average Bonchev–Trinajstić information content (AvgIpc) is 3.20. The van der Waals surface area contributed by atoms with Gasteiger partial charge in [-0.25, -0.2) is 14.4 Å². The van der Waals surface area contributed by atoms with Crippen LogP contribution >= 0.6 is 0 Å². The third kappa shape index (κ3) is 3.55. The quantitative estimate of drug-likeness (QED) is 0.0980. The van der Waals surface area contributed by atoms with Crippen molar-refractivity contribution in [3.05, 3.63) is 34.9 Å². The second-order valence-electron chi connectivity index (χ2n) is 8.25. The van der Waals surface area contributed by atoms with Crippen molar-refractivity contribution in [2.24, 2.45) is 22.2 Å². The number of amides is 1. The molecule has 1 unspecified atom stereocenters. The predicted molar refractivity (Wildman–Crippen MR) is 105 cm³/mol. The van der Waals surface area contributed by atoms with Crippen molar-refractivity contribution in [1.82, 2.24) is 10.6 Å². The molecule has 0 aliphatic carbocycles. The van der Waals surface area contributed by atoms with Crippen LogP contribution in [0.3, 0.4) is 0 Å². The summed E-state index contributed by atoms with van der Waals surface area (Å²) in [5.74, 6) is -7.04. The number of aliphatic hydroxyl groups is 2. The van der Waals surface area contributed by atoms with Gasteiger partial charge < -0.3 is 31.7 Å². The lowest BCUT2D eigenvalue weighted by Crippen LogP contribution is -2.79. The SMILES string of the molecule is NC(=O)C1NC(N)=[N+]2C[C@H](OC(=O)c3cc(C(F)(F)F)ccc3C(F)(F)F)C(O)(O)[C@@]23NC(N)=N[C@@H]13. The number of guanidine groups is 2. The zero-order chi connectivity index (χ0) is 27.0. The summed E-state index contributed by atoms with van der Waals surface area (Å²) in [6.45, 7) is -0.713. The summed E-state index contributed by atoms with van der Waals surface area (Å²) in [6, 6.07) is -2.82. The summed E-state index contributed by atoms with van der Waals surface area (Å²) in [5.41, 5.74) is 9.73. The zero-order valence-electron chi connectivity index (χ0n) is 17.7. The van der Waals surface area contributed by atoms with Gasteiger partial charge in [-0.2, -0.15) is 26.3 Å². The summed E-state index contributed by atoms with van der Waals surface area (Å²) in [7, 11) is 0. The minimum Gasteiger partial charge on any atom is -0.449 e. The number of aliphatic imine (C=N–C) groups is 1. The van der Waals surface area contributed by atoms with Gasteiger partial charge in [-0.15, -0.1) is 0 Å². The Morgan fingerprint density at radius 3 is 2.33 bits per heavy atom. The Morgan fingerprint density at radius 1 is 1.14 bits per heavy atom. The Kier molecular flexibility index (Phi) is 5.34. The Balaban J connectivity index is 1.76. The molecular formula is C18H18F6N7O5+. The predicted octanol–water partition coefficient (Wildman–Crippen LogP) is -2.29. The summed E-state index contributed by atoms with van der Waals surface area (Å²) in [5, 5.41) is 27.0. The van der Waals surface area contributed by atoms with Crippen LogP contribution < -0.4 is 27.8 Å². The van der Waals surface area contributed by atoms with Crippen LogP contribution in [0.1, 0.15) is 21.5 Å². The largest absolute Gasteiger partial charge is 0.449 e. The van der Waals surface area contributed by atoms with Gasteiger partial charge >= 0.3 is 24.3 Å². The Labute approximate surface area is 196 Å². The Morgan fingerprint density at radius 2 is 1.78 bits per heavy atom. The van der Waals surface area contributed by atoms with Crippen LogP contribution in [0.5, 0.6) is 0 Å². The first-order valence-corrected chi connectivity index (χ1v) is 9.92. The fourth-order valence-electron chi connectivity index (χ4n) is 4.56. The highest BCUT2D eigenvalue weighted by molar-refractivity contribution is 5.92. The zero-order valence-corrected chi connectivity index (χ0v) is 17.7. The minimum absolute atomic E-state index is 0.0530. The molecule has 4 atom stereocenters. The molecular weight excluding hydrogens is 508 g/mol. The van der Waals surface area contributed by atoms with E-state index in [1.807, 2.05) is 0 Å². The molecule has 0 aromatic heterocycles. The Bertz CT molecular complexity index is 1210. The maximum absolute atomic E-state index is 13.4. The van der Waals surface area contributed by atoms with E-state index in [2.05, 4.69) is 15.6 Å². The van der Waals surface area contributed by atoms with Crippen LogP contribution in [0.15, 0.2) is 23.2 Å². The number of benzene rings is 1. The summed E-state index contributed by atoms with van der Waals surface area (Å²) < 4.78 is 85.4. The number of nitrogens with one attached hydrogen (secondary N) is 2. The molecule has 18 heteroatoms. The van der Waals surface area contributed by atoms with E-state index in [0.29, 0.717) is 0 Å². The van der Waals surface area contributed by atoms with Gasteiger partial charge in [0, 0.05) is 0 Å². The number of nitrogens with two attached hydrogens (primary N) is 3. The molecule has 3 aliphatic rings. The van der Waals surface area contributed by atoms with Crippen molar-refractivity contribution in [2.75, 3.05) is 6.54 Å². The third-order valence-corrected chi connectivity index (χ3v) is 6.15. The maximum atomic E-state index is 13.4. The molecule has 12 nitrogen and oxygen atoms in total. The first-order valence-electron chi connectivity index (χ1n) is 9.92. The summed E-state index contributed by atoms with van der Waals surface area (Å²) in [6.07, 6.45) is -12.5. The van der Waals surface area contributed by atoms with E-state index in [4.69, 9.17) is 21.9 Å². The van der Waals surface area contributed by atoms with Crippen molar-refractivity contribution in [2.45, 2.75) is 42.0 Å². The van der Waals surface area contributed by atoms with Crippen LogP contribution in [-0.4, -0.2) is 74.8 Å². The number of primary amides is 1. The highest BCUT2D eigenvalue weighted by atomic mass is 19.4. The molecule has 0 saturated carbocycles. The van der Waals surface area contributed by atoms with E-state index in [9.17, 15) is 46.1 Å². The van der Waals surface area contributed by atoms with Gasteiger partial charge in [-0.1, -0.05) is 0 Å². The molecule has 1 amide bonds. The van der Waals surface area contributed by atoms with Crippen molar-refractivity contribution < 1.29 is 55.5 Å². The number of carbonyl (C=O) groups is 2. The van der Waals surface area contributed by atoms with Gasteiger partial charge in [0.2, 0.25) is 5.66 Å². The molecule has 1 fully saturated rings. The smallest absolute Gasteiger partial charge is 0.417 e. The Hall–Kier alpha value is -3.80. The number of ether oxygens (including phenoxy) is 1. The molecule has 36 heavy (non-hydrogen) atoms. The fourth-order valence-corrected chi connectivity index (χ4v) is 4.56. The average molecular weight is 526 g/mol. The number of carbonyl (C=O) groups excluding carboxylic acids is 2. The topological polar surface area (TPSA) is 201 Å². The van der Waals surface area contributed by atoms with E-state index in [1.54, 1.807) is 0 Å². The molecule has 0 bridgehead atoms. The molecule has 4 rings (SSSR count). The van der Waals surface area contributed by atoms with Crippen molar-refractivity contribution in [1.29, 1.82) is 0 Å². The van der Waals surface area contributed by atoms with Gasteiger partial charge in [0.1, 0.15) is 6.54 Å². The van der Waals surface area contributed by atoms with E-state index in [0.717, 1.165) is 4.58 Å². The number of rotatable bonds is 3. The molecule has 0 radical (unpaired) electrons. The van der Waals surface area contributed by atoms with Crippen LogP contribution in [0.4, 0.5) is 26.3 Å². The summed E-state index contributed by atoms with van der Waals surface area (Å²) >= 11 is 0. The van der Waals surface area contributed by atoms with Gasteiger partial charge in [0.05, 0.1) is 16.7 Å². The third-order valence-electron chi connectivity index (χ3n) is 6.15. The maximum Gasteiger partial charge on any atom is 0.417 e. The fraction of sp³-hybridized carbons (Fsp3) is 0.444. The molecule has 3 heterocycles. The second kappa shape index (κ2) is 7.60. The van der Waals surface area contributed by atoms with Crippen molar-refractivity contribution in [3.8, 4) is 0 Å². The molecule has 1 aromatic carbocycles. The molecule has 196 valence electrons. The number of nitrogens with zero attached hydrogens (tertiary/aromatic N) is 2. The van der Waals surface area contributed by atoms with Crippen LogP contribution in [0.2, 0.25) is 0 Å². The van der Waals surface area contributed by atoms with Gasteiger partial charge in [0.25, 0.3) is 11.7 Å². The van der Waals surface area contributed by atoms with E-state index in [-0.39, 0.29) is 18.2 Å². The van der Waals surface area contributed by atoms with E-state index < -0.39 is 89.0 Å². The highest BCUT2D eigenvalue weighted by Crippen LogP contribution is 2.43. The minimum atomic E-state index is -5.25. The lowest BCUT2D eigenvalue weighted by molar-refractivity contribution is -0.622. The van der Waals surface area contributed by atoms with Gasteiger partial charge in [-0.05, 0) is 18.2 Å². The standard InChI is InChI=1S/C18H17F6N7O5/c19-17(20,21)5-1-2-7(18(22,23)24)6(3-5)12(33)36-8-4-31-14(27)28-9(11(25)32)10-15(31,16(8,34)35)30-13(26)29-10/h1-3,8-10,34-35H,4H2,(H7,25,26,27,28,29,30,32)/p+1/t8-,9?,10-,15-/m0/s1. The number of esters is 1. The lowest BCUT2D eigenvalue weighted by Gasteiger charge is -2.42.